The zero-order valence-electron chi connectivity index (χ0n) is 21.2. The Labute approximate surface area is 241 Å². The van der Waals surface area contributed by atoms with Gasteiger partial charge in [-0.3, -0.25) is 9.59 Å². The summed E-state index contributed by atoms with van der Waals surface area (Å²) in [7, 11) is 0. The molecule has 0 saturated carbocycles. The molecular formula is C28H23ClF3N3O3S2. The standard InChI is InChI=1S/C28H23ClF3N3O3S2/c1-15-9-10-20(16(2)12-15)34-22(36)14-40-26-18(13-33)23(17-6-3-4-7-19(17)29)24(25(37)21-8-5-11-39-21)27(38,35-26)28(30,31)32/h3-12,23-24,35,38H,14H2,1-2H3,(H,34,36)/t23-,24+,27+/m1/s1. The highest BCUT2D eigenvalue weighted by atomic mass is 35.5. The maximum absolute atomic E-state index is 14.6. The number of nitrogens with zero attached hydrogens (tertiary/aromatic N) is 1. The van der Waals surface area contributed by atoms with Gasteiger partial charge in [0.15, 0.2) is 5.78 Å². The molecule has 0 radical (unpaired) electrons. The number of rotatable bonds is 7. The molecule has 1 amide bonds. The molecule has 1 aliphatic rings. The molecule has 4 rings (SSSR count). The highest BCUT2D eigenvalue weighted by Gasteiger charge is 2.66. The molecule has 0 unspecified atom stereocenters. The van der Waals surface area contributed by atoms with Crippen molar-refractivity contribution in [2.24, 2.45) is 5.92 Å². The zero-order chi connectivity index (χ0) is 29.2. The molecule has 3 N–H and O–H groups in total. The Morgan fingerprint density at radius 3 is 2.52 bits per heavy atom. The number of Topliss-reactive ketones (excluding diaryl/α,β-unsaturated/α-hetero) is 1. The van der Waals surface area contributed by atoms with Crippen molar-refractivity contribution < 1.29 is 27.9 Å². The first-order valence-electron chi connectivity index (χ1n) is 11.9. The molecule has 12 heteroatoms. The Kier molecular flexibility index (Phi) is 8.66. The number of hydrogen-bond donors (Lipinski definition) is 3. The van der Waals surface area contributed by atoms with Gasteiger partial charge in [-0.15, -0.1) is 11.3 Å². The number of aliphatic hydroxyl groups is 1. The van der Waals surface area contributed by atoms with Crippen molar-refractivity contribution in [3.63, 3.8) is 0 Å². The number of allylic oxidation sites excluding steroid dienone is 1. The van der Waals surface area contributed by atoms with Crippen molar-refractivity contribution in [2.45, 2.75) is 31.7 Å². The largest absolute Gasteiger partial charge is 0.437 e. The van der Waals surface area contributed by atoms with Crippen LogP contribution in [0.1, 0.15) is 32.3 Å². The number of thioether (sulfide) groups is 1. The van der Waals surface area contributed by atoms with Gasteiger partial charge in [0.1, 0.15) is 0 Å². The summed E-state index contributed by atoms with van der Waals surface area (Å²) in [5, 5.41) is 27.3. The lowest BCUT2D eigenvalue weighted by Crippen LogP contribution is -2.66. The minimum Gasteiger partial charge on any atom is -0.363 e. The van der Waals surface area contributed by atoms with Crippen LogP contribution >= 0.6 is 34.7 Å². The zero-order valence-corrected chi connectivity index (χ0v) is 23.6. The summed E-state index contributed by atoms with van der Waals surface area (Å²) in [4.78, 5) is 26.3. The first-order valence-corrected chi connectivity index (χ1v) is 14.1. The van der Waals surface area contributed by atoms with Gasteiger partial charge in [0, 0.05) is 16.6 Å². The number of nitriles is 1. The number of ketones is 1. The van der Waals surface area contributed by atoms with Crippen molar-refractivity contribution in [3.8, 4) is 6.07 Å². The van der Waals surface area contributed by atoms with E-state index in [2.05, 4.69) is 5.32 Å². The Morgan fingerprint density at radius 2 is 1.93 bits per heavy atom. The van der Waals surface area contributed by atoms with Crippen LogP contribution < -0.4 is 10.6 Å². The van der Waals surface area contributed by atoms with Gasteiger partial charge in [0.05, 0.1) is 33.2 Å². The summed E-state index contributed by atoms with van der Waals surface area (Å²) in [6.07, 6.45) is -5.35. The second kappa shape index (κ2) is 11.7. The number of nitrogens with one attached hydrogen (secondary N) is 2. The smallest absolute Gasteiger partial charge is 0.363 e. The van der Waals surface area contributed by atoms with Crippen LogP contribution in [0.4, 0.5) is 18.9 Å². The van der Waals surface area contributed by atoms with Gasteiger partial charge in [-0.25, -0.2) is 0 Å². The number of carbonyl (C=O) groups is 2. The number of benzene rings is 2. The maximum Gasteiger partial charge on any atom is 0.437 e. The molecule has 0 spiro atoms. The minimum absolute atomic E-state index is 0.0206. The number of anilines is 1. The molecule has 3 aromatic rings. The molecular weight excluding hydrogens is 583 g/mol. The molecule has 0 aliphatic carbocycles. The van der Waals surface area contributed by atoms with E-state index in [9.17, 15) is 33.1 Å². The third-order valence-electron chi connectivity index (χ3n) is 6.49. The minimum atomic E-state index is -5.35. The summed E-state index contributed by atoms with van der Waals surface area (Å²) in [5.41, 5.74) is -1.64. The molecule has 2 heterocycles. The van der Waals surface area contributed by atoms with Crippen LogP contribution in [0.5, 0.6) is 0 Å². The number of amides is 1. The lowest BCUT2D eigenvalue weighted by Gasteiger charge is -2.45. The van der Waals surface area contributed by atoms with Gasteiger partial charge in [-0.1, -0.05) is 65.3 Å². The average molecular weight is 606 g/mol. The molecule has 40 heavy (non-hydrogen) atoms. The lowest BCUT2D eigenvalue weighted by atomic mass is 9.70. The molecule has 1 aromatic heterocycles. The van der Waals surface area contributed by atoms with Crippen molar-refractivity contribution >= 4 is 52.1 Å². The molecule has 6 nitrogen and oxygen atoms in total. The maximum atomic E-state index is 14.6. The molecule has 2 aromatic carbocycles. The van der Waals surface area contributed by atoms with Gasteiger partial charge in [-0.2, -0.15) is 18.4 Å². The highest BCUT2D eigenvalue weighted by molar-refractivity contribution is 8.03. The number of carbonyl (C=O) groups excluding carboxylic acids is 2. The second-order valence-corrected chi connectivity index (χ2v) is 11.6. The monoisotopic (exact) mass is 605 g/mol. The van der Waals surface area contributed by atoms with Crippen LogP contribution in [-0.2, 0) is 4.79 Å². The van der Waals surface area contributed by atoms with Crippen LogP contribution in [0.3, 0.4) is 0 Å². The number of alkyl halides is 3. The summed E-state index contributed by atoms with van der Waals surface area (Å²) < 4.78 is 43.9. The quantitative estimate of drug-likeness (QED) is 0.264. The first kappa shape index (κ1) is 29.7. The van der Waals surface area contributed by atoms with E-state index in [-0.39, 0.29) is 31.8 Å². The molecule has 3 atom stereocenters. The van der Waals surface area contributed by atoms with Gasteiger partial charge < -0.3 is 15.7 Å². The van der Waals surface area contributed by atoms with E-state index >= 15 is 0 Å². The molecule has 0 saturated heterocycles. The van der Waals surface area contributed by atoms with E-state index in [1.165, 1.54) is 35.7 Å². The van der Waals surface area contributed by atoms with E-state index in [0.717, 1.165) is 22.5 Å². The Balaban J connectivity index is 1.79. The number of thiophene rings is 1. The Bertz CT molecular complexity index is 1520. The van der Waals surface area contributed by atoms with Crippen LogP contribution in [0.25, 0.3) is 0 Å². The van der Waals surface area contributed by atoms with E-state index in [4.69, 9.17) is 11.6 Å². The molecule has 208 valence electrons. The van der Waals surface area contributed by atoms with E-state index in [0.29, 0.717) is 17.4 Å². The second-order valence-electron chi connectivity index (χ2n) is 9.22. The summed E-state index contributed by atoms with van der Waals surface area (Å²) in [6.45, 7) is 3.70. The average Bonchev–Trinajstić information content (AvgIpc) is 3.43. The Hall–Kier alpha value is -3.30. The molecule has 0 bridgehead atoms. The van der Waals surface area contributed by atoms with Crippen LogP contribution in [0.2, 0.25) is 5.02 Å². The van der Waals surface area contributed by atoms with E-state index < -0.39 is 35.4 Å². The summed E-state index contributed by atoms with van der Waals surface area (Å²) in [5.74, 6) is -5.67. The van der Waals surface area contributed by atoms with Crippen molar-refractivity contribution in [2.75, 3.05) is 11.1 Å². The third-order valence-corrected chi connectivity index (χ3v) is 8.73. The molecule has 1 aliphatic heterocycles. The van der Waals surface area contributed by atoms with Crippen LogP contribution in [0, 0.1) is 31.1 Å². The SMILES string of the molecule is Cc1ccc(NC(=O)CSC2=C(C#N)[C@@H](c3ccccc3Cl)[C@@H](C(=O)c3cccs3)[C@](O)(C(F)(F)F)N2)c(C)c1. The fraction of sp³-hybridized carbons (Fsp3) is 0.250. The van der Waals surface area contributed by atoms with Gasteiger partial charge >= 0.3 is 6.18 Å². The van der Waals surface area contributed by atoms with E-state index in [1.54, 1.807) is 25.1 Å². The third kappa shape index (κ3) is 5.76. The lowest BCUT2D eigenvalue weighted by molar-refractivity contribution is -0.285. The van der Waals surface area contributed by atoms with Gasteiger partial charge in [-0.05, 0) is 48.6 Å². The summed E-state index contributed by atoms with van der Waals surface area (Å²) >= 11 is 7.92. The van der Waals surface area contributed by atoms with Crippen LogP contribution in [-0.4, -0.2) is 34.5 Å². The number of hydrogen-bond acceptors (Lipinski definition) is 7. The van der Waals surface area contributed by atoms with Crippen molar-refractivity contribution in [1.29, 1.82) is 5.26 Å². The van der Waals surface area contributed by atoms with Crippen LogP contribution in [0.15, 0.2) is 70.6 Å². The topological polar surface area (TPSA) is 102 Å². The highest BCUT2D eigenvalue weighted by Crippen LogP contribution is 2.52. The normalized spacial score (nSPS) is 20.9. The number of aryl methyl sites for hydroxylation is 2. The fourth-order valence-electron chi connectivity index (χ4n) is 4.60. The summed E-state index contributed by atoms with van der Waals surface area (Å²) in [6, 6.07) is 16.1. The predicted molar refractivity (Wildman–Crippen MR) is 150 cm³/mol. The van der Waals surface area contributed by atoms with Crippen molar-refractivity contribution in [1.82, 2.24) is 5.32 Å². The van der Waals surface area contributed by atoms with Gasteiger partial charge in [0.2, 0.25) is 11.6 Å². The first-order chi connectivity index (χ1) is 18.9. The fourth-order valence-corrected chi connectivity index (χ4v) is 6.46. The number of halogens is 4. The van der Waals surface area contributed by atoms with Gasteiger partial charge in [0.25, 0.3) is 0 Å². The Morgan fingerprint density at radius 1 is 1.20 bits per heavy atom. The van der Waals surface area contributed by atoms with Crippen molar-refractivity contribution in [3.05, 3.63) is 97.2 Å². The molecule has 0 fully saturated rings. The van der Waals surface area contributed by atoms with E-state index in [1.807, 2.05) is 24.4 Å². The predicted octanol–water partition coefficient (Wildman–Crippen LogP) is 6.56.